The van der Waals surface area contributed by atoms with Crippen LogP contribution in [0.1, 0.15) is 39.1 Å². The number of aryl methyl sites for hydroxylation is 1. The van der Waals surface area contributed by atoms with Crippen LogP contribution in [0.4, 0.5) is 5.69 Å². The van der Waals surface area contributed by atoms with Gasteiger partial charge in [0.15, 0.2) is 0 Å². The van der Waals surface area contributed by atoms with E-state index >= 15 is 0 Å². The molecule has 6 nitrogen and oxygen atoms in total. The van der Waals surface area contributed by atoms with Crippen molar-refractivity contribution in [2.24, 2.45) is 5.92 Å². The van der Waals surface area contributed by atoms with Crippen molar-refractivity contribution >= 4 is 5.69 Å². The second kappa shape index (κ2) is 6.11. The van der Waals surface area contributed by atoms with Crippen LogP contribution in [0.2, 0.25) is 0 Å². The van der Waals surface area contributed by atoms with Gasteiger partial charge >= 0.3 is 0 Å². The minimum atomic E-state index is -0.133. The van der Waals surface area contributed by atoms with Crippen LogP contribution in [0, 0.1) is 5.92 Å². The van der Waals surface area contributed by atoms with Crippen LogP contribution in [0.3, 0.4) is 0 Å². The summed E-state index contributed by atoms with van der Waals surface area (Å²) in [6, 6.07) is 0. The highest BCUT2D eigenvalue weighted by Crippen LogP contribution is 2.20. The first-order valence-corrected chi connectivity index (χ1v) is 7.41. The van der Waals surface area contributed by atoms with Crippen molar-refractivity contribution in [2.45, 2.75) is 47.1 Å². The molecule has 2 N–H and O–H groups in total. The molecule has 0 atom stereocenters. The molecule has 0 aliphatic carbocycles. The second-order valence-electron chi connectivity index (χ2n) is 5.53. The summed E-state index contributed by atoms with van der Waals surface area (Å²) in [5.74, 6) is 0.707. The Morgan fingerprint density at radius 1 is 1.29 bits per heavy atom. The highest BCUT2D eigenvalue weighted by Gasteiger charge is 2.17. The lowest BCUT2D eigenvalue weighted by Gasteiger charge is -2.10. The van der Waals surface area contributed by atoms with Crippen molar-refractivity contribution in [2.75, 3.05) is 5.73 Å². The minimum absolute atomic E-state index is 0.133. The summed E-state index contributed by atoms with van der Waals surface area (Å²) in [4.78, 5) is 16.8. The van der Waals surface area contributed by atoms with E-state index in [1.54, 1.807) is 21.6 Å². The maximum Gasteiger partial charge on any atom is 0.295 e. The van der Waals surface area contributed by atoms with Crippen molar-refractivity contribution in [3.05, 3.63) is 34.1 Å². The van der Waals surface area contributed by atoms with E-state index < -0.39 is 0 Å². The fourth-order valence-electron chi connectivity index (χ4n) is 2.41. The van der Waals surface area contributed by atoms with E-state index in [9.17, 15) is 4.79 Å². The van der Waals surface area contributed by atoms with Crippen LogP contribution in [-0.2, 0) is 19.4 Å². The Morgan fingerprint density at radius 2 is 2.00 bits per heavy atom. The molecule has 2 aromatic heterocycles. The van der Waals surface area contributed by atoms with E-state index in [0.29, 0.717) is 30.4 Å². The van der Waals surface area contributed by atoms with Gasteiger partial charge in [-0.25, -0.2) is 9.67 Å². The number of nitrogen functional groups attached to an aromatic ring is 1. The first-order valence-electron chi connectivity index (χ1n) is 7.41. The number of hydrogen-bond acceptors (Lipinski definition) is 4. The molecule has 0 radical (unpaired) electrons. The summed E-state index contributed by atoms with van der Waals surface area (Å²) in [7, 11) is 0. The van der Waals surface area contributed by atoms with Crippen LogP contribution in [0.25, 0.3) is 5.82 Å². The molecule has 0 spiro atoms. The van der Waals surface area contributed by atoms with Crippen molar-refractivity contribution < 1.29 is 0 Å². The molecule has 0 unspecified atom stereocenters. The number of nitrogens with zero attached hydrogens (tertiary/aromatic N) is 4. The Kier molecular flexibility index (Phi) is 4.45. The third kappa shape index (κ3) is 2.84. The summed E-state index contributed by atoms with van der Waals surface area (Å²) in [6.07, 6.45) is 4.80. The van der Waals surface area contributed by atoms with Crippen molar-refractivity contribution in [1.29, 1.82) is 0 Å². The molecule has 2 rings (SSSR count). The summed E-state index contributed by atoms with van der Waals surface area (Å²) in [6.45, 7) is 8.81. The molecule has 2 heterocycles. The maximum absolute atomic E-state index is 12.6. The first kappa shape index (κ1) is 15.3. The van der Waals surface area contributed by atoms with E-state index in [0.717, 1.165) is 17.8 Å². The Labute approximate surface area is 124 Å². The van der Waals surface area contributed by atoms with Crippen molar-refractivity contribution in [3.8, 4) is 5.82 Å². The van der Waals surface area contributed by atoms with Crippen LogP contribution < -0.4 is 11.3 Å². The first-order chi connectivity index (χ1) is 9.99. The maximum atomic E-state index is 12.6. The minimum Gasteiger partial charge on any atom is -0.396 e. The molecule has 21 heavy (non-hydrogen) atoms. The Hall–Kier alpha value is -2.11. The number of anilines is 1. The highest BCUT2D eigenvalue weighted by molar-refractivity contribution is 5.50. The van der Waals surface area contributed by atoms with Gasteiger partial charge in [-0.1, -0.05) is 27.7 Å². The predicted molar refractivity (Wildman–Crippen MR) is 83.6 cm³/mol. The lowest BCUT2D eigenvalue weighted by molar-refractivity contribution is 0.505. The lowest BCUT2D eigenvalue weighted by Crippen LogP contribution is -2.28. The predicted octanol–water partition coefficient (Wildman–Crippen LogP) is 1.79. The monoisotopic (exact) mass is 289 g/mol. The molecule has 0 saturated carbocycles. The Morgan fingerprint density at radius 3 is 2.57 bits per heavy atom. The van der Waals surface area contributed by atoms with Gasteiger partial charge in [0.2, 0.25) is 5.82 Å². The SMILES string of the molecule is CCc1nn(-c2nccn(CC(C)C)c2=O)c(CC)c1N. The van der Waals surface area contributed by atoms with E-state index in [1.165, 1.54) is 0 Å². The Bertz CT molecular complexity index is 684. The molecule has 0 bridgehead atoms. The summed E-state index contributed by atoms with van der Waals surface area (Å²) in [5.41, 5.74) is 8.30. The molecule has 0 aromatic carbocycles. The summed E-state index contributed by atoms with van der Waals surface area (Å²) in [5, 5.41) is 4.47. The average Bonchev–Trinajstić information content (AvgIpc) is 2.76. The van der Waals surface area contributed by atoms with E-state index in [-0.39, 0.29) is 5.56 Å². The molecule has 0 aliphatic heterocycles. The van der Waals surface area contributed by atoms with Gasteiger partial charge in [-0.3, -0.25) is 4.79 Å². The lowest BCUT2D eigenvalue weighted by atomic mass is 10.2. The van der Waals surface area contributed by atoms with Gasteiger partial charge in [-0.05, 0) is 18.8 Å². The molecule has 0 amide bonds. The zero-order valence-corrected chi connectivity index (χ0v) is 13.1. The summed E-state index contributed by atoms with van der Waals surface area (Å²) >= 11 is 0. The largest absolute Gasteiger partial charge is 0.396 e. The van der Waals surface area contributed by atoms with Gasteiger partial charge < -0.3 is 10.3 Å². The number of nitrogens with two attached hydrogens (primary N) is 1. The smallest absolute Gasteiger partial charge is 0.295 e. The van der Waals surface area contributed by atoms with Gasteiger partial charge in [0.05, 0.1) is 17.1 Å². The fourth-order valence-corrected chi connectivity index (χ4v) is 2.41. The van der Waals surface area contributed by atoms with Crippen LogP contribution in [0.15, 0.2) is 17.2 Å². The second-order valence-corrected chi connectivity index (χ2v) is 5.53. The van der Waals surface area contributed by atoms with Gasteiger partial charge in [-0.15, -0.1) is 0 Å². The standard InChI is InChI=1S/C15H23N5O/c1-5-11-13(16)12(6-2)20(18-11)14-15(21)19(8-7-17-14)9-10(3)4/h7-8,10H,5-6,9,16H2,1-4H3. The number of aromatic nitrogens is 4. The van der Waals surface area contributed by atoms with Gasteiger partial charge in [0.25, 0.3) is 5.56 Å². The molecule has 6 heteroatoms. The zero-order valence-electron chi connectivity index (χ0n) is 13.1. The molecular formula is C15H23N5O. The van der Waals surface area contributed by atoms with Crippen LogP contribution in [0.5, 0.6) is 0 Å². The topological polar surface area (TPSA) is 78.7 Å². The average molecular weight is 289 g/mol. The number of rotatable bonds is 5. The van der Waals surface area contributed by atoms with Gasteiger partial charge in [0, 0.05) is 18.9 Å². The quantitative estimate of drug-likeness (QED) is 0.910. The van der Waals surface area contributed by atoms with Crippen LogP contribution >= 0.6 is 0 Å². The van der Waals surface area contributed by atoms with E-state index in [1.807, 2.05) is 13.8 Å². The van der Waals surface area contributed by atoms with Crippen molar-refractivity contribution in [1.82, 2.24) is 19.3 Å². The van der Waals surface area contributed by atoms with E-state index in [2.05, 4.69) is 23.9 Å². The molecule has 0 saturated heterocycles. The fraction of sp³-hybridized carbons (Fsp3) is 0.533. The van der Waals surface area contributed by atoms with E-state index in [4.69, 9.17) is 5.73 Å². The molecular weight excluding hydrogens is 266 g/mol. The number of hydrogen-bond donors (Lipinski definition) is 1. The Balaban J connectivity index is 2.60. The third-order valence-corrected chi connectivity index (χ3v) is 3.43. The molecule has 2 aromatic rings. The van der Waals surface area contributed by atoms with Crippen molar-refractivity contribution in [3.63, 3.8) is 0 Å². The normalized spacial score (nSPS) is 11.3. The summed E-state index contributed by atoms with van der Waals surface area (Å²) < 4.78 is 3.28. The third-order valence-electron chi connectivity index (χ3n) is 3.43. The molecule has 0 aliphatic rings. The zero-order chi connectivity index (χ0) is 15.6. The molecule has 0 fully saturated rings. The molecule has 114 valence electrons. The van der Waals surface area contributed by atoms with Gasteiger partial charge in [0.1, 0.15) is 0 Å². The highest BCUT2D eigenvalue weighted by atomic mass is 16.1. The van der Waals surface area contributed by atoms with Gasteiger partial charge in [-0.2, -0.15) is 5.10 Å². The van der Waals surface area contributed by atoms with Crippen LogP contribution in [-0.4, -0.2) is 19.3 Å².